The highest BCUT2D eigenvalue weighted by Gasteiger charge is 2.19. The first kappa shape index (κ1) is 36.4. The Morgan fingerprint density at radius 1 is 0.514 bits per heavy atom. The summed E-state index contributed by atoms with van der Waals surface area (Å²) in [5, 5.41) is 0. The summed E-state index contributed by atoms with van der Waals surface area (Å²) in [5.41, 5.74) is 0. The Kier molecular flexibility index (Phi) is 27.9. The van der Waals surface area contributed by atoms with Crippen LogP contribution in [0.1, 0.15) is 142 Å². The minimum Gasteiger partial charge on any atom is -0.379 e. The Balaban J connectivity index is 3.65. The van der Waals surface area contributed by atoms with E-state index in [0.717, 1.165) is 30.8 Å². The lowest BCUT2D eigenvalue weighted by molar-refractivity contribution is -0.873. The summed E-state index contributed by atoms with van der Waals surface area (Å²) in [6, 6.07) is 0. The van der Waals surface area contributed by atoms with E-state index < -0.39 is 0 Å². The average Bonchev–Trinajstić information content (AvgIpc) is 2.86. The molecule has 0 aliphatic rings. The molecule has 1 atom stereocenters. The third-order valence-electron chi connectivity index (χ3n) is 6.89. The van der Waals surface area contributed by atoms with E-state index in [4.69, 9.17) is 9.47 Å². The molecule has 37 heavy (non-hydrogen) atoms. The molecular formula is C34H68NO2+. The molecule has 0 aromatic heterocycles. The van der Waals surface area contributed by atoms with E-state index in [0.29, 0.717) is 0 Å². The van der Waals surface area contributed by atoms with Crippen LogP contribution in [0.4, 0.5) is 0 Å². The smallest absolute Gasteiger partial charge is 0.130 e. The van der Waals surface area contributed by atoms with Crippen LogP contribution in [0.5, 0.6) is 0 Å². The van der Waals surface area contributed by atoms with Gasteiger partial charge in [-0.05, 0) is 51.4 Å². The second kappa shape index (κ2) is 28.4. The molecule has 0 aliphatic carbocycles. The van der Waals surface area contributed by atoms with Crippen LogP contribution in [0.25, 0.3) is 0 Å². The lowest BCUT2D eigenvalue weighted by Crippen LogP contribution is -2.44. The summed E-state index contributed by atoms with van der Waals surface area (Å²) in [5.74, 6) is 0. The first-order valence-electron chi connectivity index (χ1n) is 16.3. The van der Waals surface area contributed by atoms with Crippen LogP contribution in [-0.2, 0) is 9.47 Å². The van der Waals surface area contributed by atoms with E-state index in [-0.39, 0.29) is 6.10 Å². The Hall–Kier alpha value is -0.640. The Labute approximate surface area is 234 Å². The van der Waals surface area contributed by atoms with Crippen LogP contribution in [-0.4, -0.2) is 58.1 Å². The van der Waals surface area contributed by atoms with Gasteiger partial charge in [0, 0.05) is 13.2 Å². The van der Waals surface area contributed by atoms with Crippen molar-refractivity contribution in [1.82, 2.24) is 0 Å². The van der Waals surface area contributed by atoms with Gasteiger partial charge in [-0.3, -0.25) is 0 Å². The number of ether oxygens (including phenoxy) is 2. The number of rotatable bonds is 29. The third kappa shape index (κ3) is 31.5. The van der Waals surface area contributed by atoms with Crippen molar-refractivity contribution in [2.24, 2.45) is 0 Å². The second-order valence-corrected chi connectivity index (χ2v) is 12.0. The van der Waals surface area contributed by atoms with Gasteiger partial charge in [-0.15, -0.1) is 0 Å². The van der Waals surface area contributed by atoms with Crippen molar-refractivity contribution in [3.8, 4) is 0 Å². The first-order valence-corrected chi connectivity index (χ1v) is 16.3. The number of hydrogen-bond donors (Lipinski definition) is 0. The number of allylic oxidation sites excluding steroid dienone is 4. The van der Waals surface area contributed by atoms with Crippen molar-refractivity contribution in [2.45, 2.75) is 148 Å². The van der Waals surface area contributed by atoms with Gasteiger partial charge in [0.25, 0.3) is 0 Å². The molecule has 0 unspecified atom stereocenters. The molecule has 0 heterocycles. The van der Waals surface area contributed by atoms with Gasteiger partial charge in [-0.2, -0.15) is 0 Å². The fourth-order valence-corrected chi connectivity index (χ4v) is 4.75. The van der Waals surface area contributed by atoms with Gasteiger partial charge in [0.2, 0.25) is 0 Å². The van der Waals surface area contributed by atoms with Gasteiger partial charge in [0.05, 0.1) is 27.7 Å². The Morgan fingerprint density at radius 3 is 1.35 bits per heavy atom. The molecule has 0 aromatic rings. The van der Waals surface area contributed by atoms with Crippen LogP contribution >= 0.6 is 0 Å². The fourth-order valence-electron chi connectivity index (χ4n) is 4.75. The van der Waals surface area contributed by atoms with E-state index in [2.05, 4.69) is 59.3 Å². The van der Waals surface area contributed by atoms with Crippen LogP contribution in [0.3, 0.4) is 0 Å². The Morgan fingerprint density at radius 2 is 0.919 bits per heavy atom. The van der Waals surface area contributed by atoms with Crippen LogP contribution < -0.4 is 0 Å². The zero-order valence-corrected chi connectivity index (χ0v) is 26.1. The molecule has 3 nitrogen and oxygen atoms in total. The van der Waals surface area contributed by atoms with E-state index in [1.54, 1.807) is 0 Å². The molecule has 0 saturated heterocycles. The first-order chi connectivity index (χ1) is 18.0. The molecule has 0 aliphatic heterocycles. The molecule has 0 rings (SSSR count). The van der Waals surface area contributed by atoms with Crippen molar-refractivity contribution in [3.05, 3.63) is 24.3 Å². The number of nitrogens with zero attached hydrogens (tertiary/aromatic N) is 1. The minimum absolute atomic E-state index is 0.217. The summed E-state index contributed by atoms with van der Waals surface area (Å²) in [4.78, 5) is 0. The topological polar surface area (TPSA) is 18.5 Å². The highest BCUT2D eigenvalue weighted by Crippen LogP contribution is 2.12. The van der Waals surface area contributed by atoms with Crippen LogP contribution in [0, 0.1) is 0 Å². The maximum absolute atomic E-state index is 6.27. The molecule has 0 N–H and O–H groups in total. The van der Waals surface area contributed by atoms with E-state index >= 15 is 0 Å². The van der Waals surface area contributed by atoms with Gasteiger partial charge in [-0.25, -0.2) is 0 Å². The third-order valence-corrected chi connectivity index (χ3v) is 6.89. The quantitative estimate of drug-likeness (QED) is 0.0552. The van der Waals surface area contributed by atoms with Gasteiger partial charge in [0.15, 0.2) is 0 Å². The molecule has 0 spiro atoms. The van der Waals surface area contributed by atoms with E-state index in [1.807, 2.05) is 0 Å². The highest BCUT2D eigenvalue weighted by atomic mass is 16.5. The van der Waals surface area contributed by atoms with Crippen molar-refractivity contribution >= 4 is 0 Å². The summed E-state index contributed by atoms with van der Waals surface area (Å²) >= 11 is 0. The predicted octanol–water partition coefficient (Wildman–Crippen LogP) is 10.0. The number of hydrogen-bond acceptors (Lipinski definition) is 2. The molecule has 220 valence electrons. The SMILES string of the molecule is CC/C=C\CCCCCCCCCCOC[C@@H](C[N+](C)(C)C)OCCCCCCCCCC/C=C\CC. The lowest BCUT2D eigenvalue weighted by Gasteiger charge is -2.29. The fraction of sp³-hybridized carbons (Fsp3) is 0.882. The molecular weight excluding hydrogens is 454 g/mol. The maximum Gasteiger partial charge on any atom is 0.130 e. The van der Waals surface area contributed by atoms with E-state index in [1.165, 1.54) is 128 Å². The van der Waals surface area contributed by atoms with E-state index in [9.17, 15) is 0 Å². The van der Waals surface area contributed by atoms with Crippen LogP contribution in [0.15, 0.2) is 24.3 Å². The Bertz CT molecular complexity index is 495. The van der Waals surface area contributed by atoms with Gasteiger partial charge in [-0.1, -0.05) is 115 Å². The number of unbranched alkanes of at least 4 members (excludes halogenated alkanes) is 16. The summed E-state index contributed by atoms with van der Waals surface area (Å²) in [6.07, 6.45) is 35.9. The molecule has 0 amide bonds. The number of quaternary nitrogens is 1. The standard InChI is InChI=1S/C34H68NO2/c1-6-8-10-12-14-16-18-20-22-24-26-28-30-36-33-34(32-35(3,4)5)37-31-29-27-25-23-21-19-17-15-13-11-9-7-2/h8-11,34H,6-7,12-33H2,1-5H3/q+1/b10-8-,11-9-/t34-/m1/s1. The predicted molar refractivity (Wildman–Crippen MR) is 165 cm³/mol. The maximum atomic E-state index is 6.27. The van der Waals surface area contributed by atoms with Crippen molar-refractivity contribution in [1.29, 1.82) is 0 Å². The zero-order chi connectivity index (χ0) is 27.3. The second-order valence-electron chi connectivity index (χ2n) is 12.0. The molecule has 0 bridgehead atoms. The summed E-state index contributed by atoms with van der Waals surface area (Å²) in [7, 11) is 6.75. The molecule has 0 aromatic carbocycles. The van der Waals surface area contributed by atoms with Crippen LogP contribution in [0.2, 0.25) is 0 Å². The van der Waals surface area contributed by atoms with Crippen molar-refractivity contribution in [3.63, 3.8) is 0 Å². The monoisotopic (exact) mass is 523 g/mol. The minimum atomic E-state index is 0.217. The number of likely N-dealkylation sites (N-methyl/N-ethyl adjacent to an activating group) is 1. The van der Waals surface area contributed by atoms with Crippen molar-refractivity contribution < 1.29 is 14.0 Å². The summed E-state index contributed by atoms with van der Waals surface area (Å²) in [6.45, 7) is 7.94. The summed E-state index contributed by atoms with van der Waals surface area (Å²) < 4.78 is 13.3. The van der Waals surface area contributed by atoms with Gasteiger partial charge in [0.1, 0.15) is 12.6 Å². The molecule has 3 heteroatoms. The molecule has 0 saturated carbocycles. The van der Waals surface area contributed by atoms with Gasteiger partial charge < -0.3 is 14.0 Å². The molecule has 0 fully saturated rings. The zero-order valence-electron chi connectivity index (χ0n) is 26.1. The normalized spacial score (nSPS) is 13.3. The van der Waals surface area contributed by atoms with Gasteiger partial charge >= 0.3 is 0 Å². The molecule has 0 radical (unpaired) electrons. The lowest BCUT2D eigenvalue weighted by atomic mass is 10.1. The largest absolute Gasteiger partial charge is 0.379 e. The van der Waals surface area contributed by atoms with Crippen molar-refractivity contribution in [2.75, 3.05) is 47.5 Å². The highest BCUT2D eigenvalue weighted by molar-refractivity contribution is 4.80. The average molecular weight is 523 g/mol.